The highest BCUT2D eigenvalue weighted by Crippen LogP contribution is 2.44. The maximum absolute atomic E-state index is 13.5. The van der Waals surface area contributed by atoms with Gasteiger partial charge in [-0.1, -0.05) is 30.3 Å². The van der Waals surface area contributed by atoms with Crippen LogP contribution in [0.25, 0.3) is 11.0 Å². The van der Waals surface area contributed by atoms with E-state index >= 15 is 0 Å². The number of nitrogens with zero attached hydrogens (tertiary/aromatic N) is 5. The summed E-state index contributed by atoms with van der Waals surface area (Å²) < 4.78 is 2.08. The molecule has 1 N–H and O–H groups in total. The van der Waals surface area contributed by atoms with E-state index in [0.29, 0.717) is 28.1 Å². The predicted molar refractivity (Wildman–Crippen MR) is 140 cm³/mol. The van der Waals surface area contributed by atoms with E-state index in [1.165, 1.54) is 4.90 Å². The van der Waals surface area contributed by atoms with Gasteiger partial charge in [0.15, 0.2) is 0 Å². The zero-order valence-electron chi connectivity index (χ0n) is 20.6. The Morgan fingerprint density at radius 2 is 1.73 bits per heavy atom. The normalized spacial score (nSPS) is 16.2. The molecule has 1 atom stereocenters. The van der Waals surface area contributed by atoms with Crippen LogP contribution in [0.5, 0.6) is 0 Å². The van der Waals surface area contributed by atoms with Crippen LogP contribution in [-0.4, -0.2) is 64.3 Å². The highest BCUT2D eigenvalue weighted by molar-refractivity contribution is 6.17. The molecule has 1 aromatic heterocycles. The quantitative estimate of drug-likeness (QED) is 0.444. The van der Waals surface area contributed by atoms with Crippen molar-refractivity contribution >= 4 is 40.1 Å². The number of hydrogen-bond donors (Lipinski definition) is 1. The average molecular weight is 495 g/mol. The van der Waals surface area contributed by atoms with E-state index in [1.807, 2.05) is 44.4 Å². The molecule has 2 aliphatic rings. The van der Waals surface area contributed by atoms with Gasteiger partial charge in [-0.05, 0) is 50.5 Å². The smallest absolute Gasteiger partial charge is 0.260 e. The number of imidazole rings is 1. The first-order chi connectivity index (χ1) is 17.9. The molecule has 0 saturated carbocycles. The summed E-state index contributed by atoms with van der Waals surface area (Å²) in [5, 5.41) is 2.91. The third-order valence-electron chi connectivity index (χ3n) is 6.89. The van der Waals surface area contributed by atoms with Crippen LogP contribution in [0.3, 0.4) is 0 Å². The highest BCUT2D eigenvalue weighted by atomic mass is 16.2. The summed E-state index contributed by atoms with van der Waals surface area (Å²) in [7, 11) is 4.05. The molecule has 9 nitrogen and oxygen atoms in total. The van der Waals surface area contributed by atoms with Gasteiger partial charge in [-0.2, -0.15) is 0 Å². The zero-order valence-corrected chi connectivity index (χ0v) is 20.6. The number of amides is 3. The molecular weight excluding hydrogens is 468 g/mol. The predicted octanol–water partition coefficient (Wildman–Crippen LogP) is 3.35. The summed E-state index contributed by atoms with van der Waals surface area (Å²) in [5.74, 6) is -0.816. The number of rotatable bonds is 6. The second-order valence-corrected chi connectivity index (χ2v) is 9.58. The average Bonchev–Trinajstić information content (AvgIpc) is 3.43. The van der Waals surface area contributed by atoms with Gasteiger partial charge >= 0.3 is 0 Å². The Morgan fingerprint density at radius 1 is 0.973 bits per heavy atom. The van der Waals surface area contributed by atoms with E-state index in [0.717, 1.165) is 24.1 Å². The van der Waals surface area contributed by atoms with Crippen LogP contribution in [0.1, 0.15) is 32.4 Å². The van der Waals surface area contributed by atoms with E-state index in [-0.39, 0.29) is 24.3 Å². The number of anilines is 2. The van der Waals surface area contributed by atoms with Crippen molar-refractivity contribution in [3.05, 3.63) is 89.7 Å². The number of benzene rings is 3. The summed E-state index contributed by atoms with van der Waals surface area (Å²) >= 11 is 0. The lowest BCUT2D eigenvalue weighted by molar-refractivity contribution is -0.117. The van der Waals surface area contributed by atoms with Crippen molar-refractivity contribution in [3.8, 4) is 0 Å². The van der Waals surface area contributed by atoms with E-state index in [1.54, 1.807) is 47.6 Å². The van der Waals surface area contributed by atoms with Crippen LogP contribution in [0.2, 0.25) is 0 Å². The minimum Gasteiger partial charge on any atom is -0.329 e. The molecule has 3 aromatic carbocycles. The van der Waals surface area contributed by atoms with Crippen molar-refractivity contribution < 1.29 is 14.4 Å². The van der Waals surface area contributed by atoms with Crippen LogP contribution in [0.4, 0.5) is 11.4 Å². The molecule has 0 unspecified atom stereocenters. The van der Waals surface area contributed by atoms with Gasteiger partial charge < -0.3 is 19.7 Å². The molecule has 6 rings (SSSR count). The third kappa shape index (κ3) is 3.84. The Hall–Kier alpha value is -4.50. The molecule has 9 heteroatoms. The number of aromatic nitrogens is 2. The largest absolute Gasteiger partial charge is 0.329 e. The first-order valence-corrected chi connectivity index (χ1v) is 12.1. The molecule has 0 saturated heterocycles. The number of likely N-dealkylation sites (N-methyl/N-ethyl adjacent to an activating group) is 1. The number of nitrogens with one attached hydrogen (secondary N) is 1. The van der Waals surface area contributed by atoms with Gasteiger partial charge in [0, 0.05) is 29.9 Å². The minimum absolute atomic E-state index is 0.179. The molecule has 186 valence electrons. The molecule has 2 aliphatic heterocycles. The second kappa shape index (κ2) is 8.86. The van der Waals surface area contributed by atoms with Gasteiger partial charge in [0.25, 0.3) is 11.8 Å². The van der Waals surface area contributed by atoms with Crippen LogP contribution >= 0.6 is 0 Å². The Bertz CT molecular complexity index is 1560. The lowest BCUT2D eigenvalue weighted by atomic mass is 10.0. The number of carbonyl (C=O) groups is 3. The number of para-hydroxylation sites is 1. The summed E-state index contributed by atoms with van der Waals surface area (Å²) in [4.78, 5) is 49.7. The topological polar surface area (TPSA) is 90.8 Å². The fourth-order valence-corrected chi connectivity index (χ4v) is 5.12. The molecule has 0 aliphatic carbocycles. The number of carbonyl (C=O) groups excluding carboxylic acids is 3. The zero-order chi connectivity index (χ0) is 25.7. The van der Waals surface area contributed by atoms with Gasteiger partial charge in [-0.15, -0.1) is 0 Å². The van der Waals surface area contributed by atoms with Crippen molar-refractivity contribution in [1.29, 1.82) is 0 Å². The lowest BCUT2D eigenvalue weighted by Crippen LogP contribution is -2.50. The summed E-state index contributed by atoms with van der Waals surface area (Å²) in [5.41, 5.74) is 4.58. The number of hydrogen-bond acceptors (Lipinski definition) is 5. The number of fused-ring (bicyclic) bond motifs is 6. The summed E-state index contributed by atoms with van der Waals surface area (Å²) in [6.07, 6.45) is 1.12. The summed E-state index contributed by atoms with van der Waals surface area (Å²) in [6, 6.07) is 19.9. The lowest BCUT2D eigenvalue weighted by Gasteiger charge is -2.40. The molecule has 0 fully saturated rings. The third-order valence-corrected chi connectivity index (χ3v) is 6.89. The van der Waals surface area contributed by atoms with Crippen molar-refractivity contribution in [3.63, 3.8) is 0 Å². The molecule has 3 heterocycles. The van der Waals surface area contributed by atoms with Crippen molar-refractivity contribution in [2.45, 2.75) is 12.7 Å². The maximum atomic E-state index is 13.5. The van der Waals surface area contributed by atoms with Gasteiger partial charge in [-0.25, -0.2) is 4.98 Å². The van der Waals surface area contributed by atoms with Crippen molar-refractivity contribution in [2.75, 3.05) is 37.4 Å². The Balaban J connectivity index is 1.27. The monoisotopic (exact) mass is 494 g/mol. The fraction of sp³-hybridized carbons (Fsp3) is 0.214. The Kier molecular flexibility index (Phi) is 5.49. The first kappa shape index (κ1) is 22.9. The molecule has 37 heavy (non-hydrogen) atoms. The van der Waals surface area contributed by atoms with Crippen LogP contribution in [0.15, 0.2) is 73.1 Å². The molecular formula is C28H26N6O3. The fourth-order valence-electron chi connectivity index (χ4n) is 5.12. The molecule has 4 aromatic rings. The highest BCUT2D eigenvalue weighted by Gasteiger charge is 2.48. The minimum atomic E-state index is -0.674. The van der Waals surface area contributed by atoms with Gasteiger partial charge in [0.1, 0.15) is 12.7 Å². The van der Waals surface area contributed by atoms with Gasteiger partial charge in [0.2, 0.25) is 5.91 Å². The van der Waals surface area contributed by atoms with Gasteiger partial charge in [-0.3, -0.25) is 19.3 Å². The molecule has 0 bridgehead atoms. The second-order valence-electron chi connectivity index (χ2n) is 9.58. The molecule has 3 amide bonds. The SMILES string of the molecule is CN(C)CCn1cnc2cc(NC(=O)CN3C(=O)c4ccccc4N4C(=O)c5ccccc5[C@@H]34)ccc21. The van der Waals surface area contributed by atoms with Crippen LogP contribution in [-0.2, 0) is 11.3 Å². The summed E-state index contributed by atoms with van der Waals surface area (Å²) in [6.45, 7) is 1.50. The van der Waals surface area contributed by atoms with Crippen molar-refractivity contribution in [2.24, 2.45) is 0 Å². The van der Waals surface area contributed by atoms with E-state index in [4.69, 9.17) is 0 Å². The van der Waals surface area contributed by atoms with Gasteiger partial charge in [0.05, 0.1) is 28.6 Å². The Morgan fingerprint density at radius 3 is 2.54 bits per heavy atom. The standard InChI is InChI=1S/C28H26N6O3/c1-31(2)13-14-32-17-29-22-15-18(11-12-24(22)32)30-25(35)16-33-26-19-7-3-4-8-20(19)28(37)34(26)23-10-6-5-9-21(23)27(33)36/h3-12,15,17,26H,13-14,16H2,1-2H3,(H,30,35)/t26-/m0/s1. The van der Waals surface area contributed by atoms with E-state index in [2.05, 4.69) is 19.8 Å². The Labute approximate surface area is 213 Å². The first-order valence-electron chi connectivity index (χ1n) is 12.1. The van der Waals surface area contributed by atoms with Crippen molar-refractivity contribution in [1.82, 2.24) is 19.4 Å². The van der Waals surface area contributed by atoms with Crippen LogP contribution in [0, 0.1) is 0 Å². The molecule has 0 spiro atoms. The van der Waals surface area contributed by atoms with E-state index < -0.39 is 6.17 Å². The van der Waals surface area contributed by atoms with Crippen LogP contribution < -0.4 is 10.2 Å². The maximum Gasteiger partial charge on any atom is 0.260 e. The molecule has 0 radical (unpaired) electrons. The van der Waals surface area contributed by atoms with E-state index in [9.17, 15) is 14.4 Å².